The molecule has 0 aliphatic carbocycles. The van der Waals surface area contributed by atoms with Gasteiger partial charge in [0.25, 0.3) is 0 Å². The number of hydrogen-bond acceptors (Lipinski definition) is 3. The summed E-state index contributed by atoms with van der Waals surface area (Å²) in [6.07, 6.45) is 0. The van der Waals surface area contributed by atoms with Gasteiger partial charge in [0.1, 0.15) is 5.82 Å². The normalized spacial score (nSPS) is 10.5. The molecule has 2 aromatic rings. The summed E-state index contributed by atoms with van der Waals surface area (Å²) < 4.78 is 4.95. The van der Waals surface area contributed by atoms with Crippen molar-refractivity contribution in [3.05, 3.63) is 35.4 Å². The highest BCUT2D eigenvalue weighted by atomic mass is 35.5. The highest BCUT2D eigenvalue weighted by molar-refractivity contribution is 6.33. The first-order valence-corrected chi connectivity index (χ1v) is 5.72. The first-order valence-electron chi connectivity index (χ1n) is 5.34. The first-order chi connectivity index (χ1) is 8.31. The van der Waals surface area contributed by atoms with Gasteiger partial charge < -0.3 is 10.1 Å². The average Bonchev–Trinajstić information content (AvgIpc) is 2.79. The van der Waals surface area contributed by atoms with E-state index < -0.39 is 0 Å². The highest BCUT2D eigenvalue weighted by Gasteiger charge is 2.06. The second kappa shape index (κ2) is 5.70. The van der Waals surface area contributed by atoms with E-state index in [4.69, 9.17) is 16.3 Å². The minimum atomic E-state index is 0.647. The molecule has 90 valence electrons. The maximum Gasteiger partial charge on any atom is 0.148 e. The number of aromatic amines is 1. The fourth-order valence-corrected chi connectivity index (χ4v) is 1.75. The van der Waals surface area contributed by atoms with Gasteiger partial charge in [0.05, 0.1) is 12.3 Å². The van der Waals surface area contributed by atoms with Gasteiger partial charge in [-0.05, 0) is 6.07 Å². The van der Waals surface area contributed by atoms with Gasteiger partial charge in [0.2, 0.25) is 0 Å². The van der Waals surface area contributed by atoms with Crippen molar-refractivity contribution in [3.8, 4) is 11.3 Å². The Morgan fingerprint density at radius 2 is 2.24 bits per heavy atom. The second-order valence-electron chi connectivity index (χ2n) is 3.57. The van der Waals surface area contributed by atoms with Crippen LogP contribution < -0.4 is 5.32 Å². The molecule has 2 rings (SSSR count). The predicted molar refractivity (Wildman–Crippen MR) is 69.4 cm³/mol. The molecule has 0 aliphatic rings. The van der Waals surface area contributed by atoms with E-state index in [0.29, 0.717) is 11.6 Å². The number of methoxy groups -OCH3 is 1. The Morgan fingerprint density at radius 1 is 1.41 bits per heavy atom. The van der Waals surface area contributed by atoms with Gasteiger partial charge >= 0.3 is 0 Å². The Morgan fingerprint density at radius 3 is 3.00 bits per heavy atom. The largest absolute Gasteiger partial charge is 0.383 e. The van der Waals surface area contributed by atoms with Crippen molar-refractivity contribution < 1.29 is 4.74 Å². The third-order valence-corrected chi connectivity index (χ3v) is 2.68. The van der Waals surface area contributed by atoms with Crippen LogP contribution in [0.3, 0.4) is 0 Å². The van der Waals surface area contributed by atoms with E-state index in [1.165, 1.54) is 0 Å². The molecule has 0 saturated carbocycles. The molecule has 0 atom stereocenters. The molecule has 0 unspecified atom stereocenters. The van der Waals surface area contributed by atoms with Crippen LogP contribution in [0.5, 0.6) is 0 Å². The van der Waals surface area contributed by atoms with E-state index in [-0.39, 0.29) is 0 Å². The molecular weight excluding hydrogens is 238 g/mol. The van der Waals surface area contributed by atoms with E-state index in [9.17, 15) is 0 Å². The molecule has 0 radical (unpaired) electrons. The molecule has 0 fully saturated rings. The second-order valence-corrected chi connectivity index (χ2v) is 3.97. The van der Waals surface area contributed by atoms with Crippen LogP contribution in [0.1, 0.15) is 0 Å². The van der Waals surface area contributed by atoms with Gasteiger partial charge in [-0.2, -0.15) is 5.10 Å². The van der Waals surface area contributed by atoms with Gasteiger partial charge in [-0.1, -0.05) is 29.8 Å². The molecule has 1 heterocycles. The standard InChI is InChI=1S/C12H14ClN3O/c1-17-7-6-14-12-8-11(15-16-12)9-4-2-3-5-10(9)13/h2-5,8H,6-7H2,1H3,(H2,14,15,16). The summed E-state index contributed by atoms with van der Waals surface area (Å²) in [7, 11) is 1.67. The SMILES string of the molecule is COCCNc1cc(-c2ccccc2Cl)[nH]n1. The van der Waals surface area contributed by atoms with E-state index >= 15 is 0 Å². The highest BCUT2D eigenvalue weighted by Crippen LogP contribution is 2.26. The summed E-state index contributed by atoms with van der Waals surface area (Å²) in [6, 6.07) is 9.58. The minimum Gasteiger partial charge on any atom is -0.383 e. The fraction of sp³-hybridized carbons (Fsp3) is 0.250. The van der Waals surface area contributed by atoms with Gasteiger partial charge in [-0.15, -0.1) is 0 Å². The summed E-state index contributed by atoms with van der Waals surface area (Å²) in [5.74, 6) is 0.789. The number of nitrogens with zero attached hydrogens (tertiary/aromatic N) is 1. The van der Waals surface area contributed by atoms with Gasteiger partial charge in [0, 0.05) is 30.3 Å². The molecule has 0 bridgehead atoms. The number of aromatic nitrogens is 2. The summed E-state index contributed by atoms with van der Waals surface area (Å²) in [5, 5.41) is 11.0. The molecule has 0 saturated heterocycles. The van der Waals surface area contributed by atoms with Crippen molar-refractivity contribution in [2.45, 2.75) is 0 Å². The number of nitrogens with one attached hydrogen (secondary N) is 2. The average molecular weight is 252 g/mol. The van der Waals surface area contributed by atoms with Crippen LogP contribution in [0.4, 0.5) is 5.82 Å². The van der Waals surface area contributed by atoms with Crippen molar-refractivity contribution in [2.75, 3.05) is 25.6 Å². The van der Waals surface area contributed by atoms with Crippen molar-refractivity contribution in [1.82, 2.24) is 10.2 Å². The Balaban J connectivity index is 2.10. The quantitative estimate of drug-likeness (QED) is 0.804. The van der Waals surface area contributed by atoms with Crippen LogP contribution in [-0.4, -0.2) is 30.5 Å². The lowest BCUT2D eigenvalue weighted by Crippen LogP contribution is -2.07. The smallest absolute Gasteiger partial charge is 0.148 e. The Labute approximate surface area is 105 Å². The van der Waals surface area contributed by atoms with E-state index in [2.05, 4.69) is 15.5 Å². The lowest BCUT2D eigenvalue weighted by Gasteiger charge is -2.00. The molecule has 4 nitrogen and oxygen atoms in total. The summed E-state index contributed by atoms with van der Waals surface area (Å²) in [6.45, 7) is 1.37. The molecule has 1 aromatic heterocycles. The molecule has 0 amide bonds. The maximum absolute atomic E-state index is 6.11. The van der Waals surface area contributed by atoms with Crippen molar-refractivity contribution in [1.29, 1.82) is 0 Å². The molecule has 17 heavy (non-hydrogen) atoms. The fourth-order valence-electron chi connectivity index (χ4n) is 1.51. The van der Waals surface area contributed by atoms with Crippen molar-refractivity contribution in [2.24, 2.45) is 0 Å². The number of rotatable bonds is 5. The number of halogens is 1. The van der Waals surface area contributed by atoms with Gasteiger partial charge in [-0.3, -0.25) is 5.10 Å². The molecule has 0 aliphatic heterocycles. The predicted octanol–water partition coefficient (Wildman–Crippen LogP) is 2.79. The van der Waals surface area contributed by atoms with Crippen LogP contribution in [0.2, 0.25) is 5.02 Å². The molecule has 0 spiro atoms. The Hall–Kier alpha value is -1.52. The zero-order chi connectivity index (χ0) is 12.1. The monoisotopic (exact) mass is 251 g/mol. The number of benzene rings is 1. The maximum atomic E-state index is 6.11. The lowest BCUT2D eigenvalue weighted by molar-refractivity contribution is 0.210. The number of hydrogen-bond donors (Lipinski definition) is 2. The molecule has 2 N–H and O–H groups in total. The third-order valence-electron chi connectivity index (χ3n) is 2.35. The number of anilines is 1. The molecule has 1 aromatic carbocycles. The summed E-state index contributed by atoms with van der Waals surface area (Å²) in [4.78, 5) is 0. The molecular formula is C12H14ClN3O. The third kappa shape index (κ3) is 2.99. The van der Waals surface area contributed by atoms with Crippen LogP contribution in [0, 0.1) is 0 Å². The van der Waals surface area contributed by atoms with Crippen LogP contribution in [-0.2, 0) is 4.74 Å². The molecule has 5 heteroatoms. The summed E-state index contributed by atoms with van der Waals surface area (Å²) in [5.41, 5.74) is 1.84. The first kappa shape index (κ1) is 12.0. The minimum absolute atomic E-state index is 0.647. The number of H-pyrrole nitrogens is 1. The van der Waals surface area contributed by atoms with E-state index in [1.807, 2.05) is 30.3 Å². The van der Waals surface area contributed by atoms with Crippen molar-refractivity contribution in [3.63, 3.8) is 0 Å². The topological polar surface area (TPSA) is 49.9 Å². The van der Waals surface area contributed by atoms with Gasteiger partial charge in [0.15, 0.2) is 0 Å². The van der Waals surface area contributed by atoms with Gasteiger partial charge in [-0.25, -0.2) is 0 Å². The van der Waals surface area contributed by atoms with Crippen LogP contribution in [0.25, 0.3) is 11.3 Å². The lowest BCUT2D eigenvalue weighted by atomic mass is 10.1. The van der Waals surface area contributed by atoms with Crippen molar-refractivity contribution >= 4 is 17.4 Å². The zero-order valence-corrected chi connectivity index (χ0v) is 10.3. The Bertz CT molecular complexity index is 484. The Kier molecular flexibility index (Phi) is 4.01. The van der Waals surface area contributed by atoms with Crippen LogP contribution >= 0.6 is 11.6 Å². The number of ether oxygens (including phenoxy) is 1. The van der Waals surface area contributed by atoms with E-state index in [0.717, 1.165) is 23.6 Å². The zero-order valence-electron chi connectivity index (χ0n) is 9.53. The van der Waals surface area contributed by atoms with E-state index in [1.54, 1.807) is 7.11 Å². The van der Waals surface area contributed by atoms with Crippen LogP contribution in [0.15, 0.2) is 30.3 Å². The summed E-state index contributed by atoms with van der Waals surface area (Å²) >= 11 is 6.11.